The van der Waals surface area contributed by atoms with Gasteiger partial charge in [0.1, 0.15) is 5.75 Å². The Bertz CT molecular complexity index is 628. The number of nitrogens with one attached hydrogen (secondary N) is 1. The maximum absolute atomic E-state index is 12.8. The molecule has 0 radical (unpaired) electrons. The third-order valence-electron chi connectivity index (χ3n) is 6.70. The lowest BCUT2D eigenvalue weighted by molar-refractivity contribution is -0.127. The fourth-order valence-corrected chi connectivity index (χ4v) is 4.50. The number of para-hydroxylation sites is 2. The van der Waals surface area contributed by atoms with Gasteiger partial charge in [0.15, 0.2) is 0 Å². The maximum atomic E-state index is 12.8. The summed E-state index contributed by atoms with van der Waals surface area (Å²) in [5.74, 6) is 2.37. The van der Waals surface area contributed by atoms with Crippen LogP contribution in [0.2, 0.25) is 0 Å². The van der Waals surface area contributed by atoms with E-state index >= 15 is 0 Å². The number of amides is 1. The largest absolute Gasteiger partial charge is 0.495 e. The van der Waals surface area contributed by atoms with E-state index in [0.29, 0.717) is 17.9 Å². The number of carbonyl (C=O) groups excluding carboxylic acids is 1. The lowest BCUT2D eigenvalue weighted by atomic mass is 9.78. The van der Waals surface area contributed by atoms with Gasteiger partial charge in [-0.05, 0) is 37.3 Å². The summed E-state index contributed by atoms with van der Waals surface area (Å²) >= 11 is 0. The summed E-state index contributed by atoms with van der Waals surface area (Å²) in [6.07, 6.45) is 3.63. The Labute approximate surface area is 164 Å². The fraction of sp³-hybridized carbons (Fsp3) is 0.682. The van der Waals surface area contributed by atoms with Crippen molar-refractivity contribution >= 4 is 11.6 Å². The molecule has 0 aromatic heterocycles. The van der Waals surface area contributed by atoms with Crippen LogP contribution in [0.15, 0.2) is 24.3 Å². The van der Waals surface area contributed by atoms with Crippen molar-refractivity contribution in [3.63, 3.8) is 0 Å². The topological polar surface area (TPSA) is 44.8 Å². The lowest BCUT2D eigenvalue weighted by Crippen LogP contribution is -2.56. The molecule has 150 valence electrons. The first-order valence-electron chi connectivity index (χ1n) is 10.4. The summed E-state index contributed by atoms with van der Waals surface area (Å²) in [6, 6.07) is 8.42. The Kier molecular flexibility index (Phi) is 6.64. The predicted octanol–water partition coefficient (Wildman–Crippen LogP) is 3.15. The molecule has 1 amide bonds. The molecule has 5 nitrogen and oxygen atoms in total. The van der Waals surface area contributed by atoms with E-state index in [2.05, 4.69) is 35.0 Å². The third kappa shape index (κ3) is 4.57. The number of rotatable bonds is 5. The number of methoxy groups -OCH3 is 1. The standard InChI is InChI=1S/C22H35N3O2/c1-16-8-7-9-19(17(16)2)23-22(26)18(3)24-12-14-25(15-13-24)20-10-5-6-11-21(20)27-4/h5-6,10-11,16-19H,7-9,12-15H2,1-4H3,(H,23,26)/t16-,17+,18+,19-/m0/s1. The highest BCUT2D eigenvalue weighted by atomic mass is 16.5. The van der Waals surface area contributed by atoms with Crippen molar-refractivity contribution in [2.75, 3.05) is 38.2 Å². The predicted molar refractivity (Wildman–Crippen MR) is 110 cm³/mol. The zero-order chi connectivity index (χ0) is 19.4. The number of nitrogens with zero attached hydrogens (tertiary/aromatic N) is 2. The molecular weight excluding hydrogens is 338 g/mol. The molecule has 5 heteroatoms. The van der Waals surface area contributed by atoms with E-state index < -0.39 is 0 Å². The highest BCUT2D eigenvalue weighted by Crippen LogP contribution is 2.30. The molecule has 2 aliphatic rings. The van der Waals surface area contributed by atoms with Crippen LogP contribution < -0.4 is 15.0 Å². The minimum absolute atomic E-state index is 0.0748. The molecule has 3 rings (SSSR count). The van der Waals surface area contributed by atoms with Gasteiger partial charge >= 0.3 is 0 Å². The smallest absolute Gasteiger partial charge is 0.237 e. The first kappa shape index (κ1) is 20.0. The SMILES string of the molecule is COc1ccccc1N1CCN([C@H](C)C(=O)N[C@H]2CCC[C@H](C)[C@H]2C)CC1. The van der Waals surface area contributed by atoms with Crippen LogP contribution in [0, 0.1) is 11.8 Å². The molecule has 0 bridgehead atoms. The minimum Gasteiger partial charge on any atom is -0.495 e. The summed E-state index contributed by atoms with van der Waals surface area (Å²) in [5.41, 5.74) is 1.14. The number of hydrogen-bond donors (Lipinski definition) is 1. The van der Waals surface area contributed by atoms with Gasteiger partial charge in [-0.3, -0.25) is 9.69 Å². The highest BCUT2D eigenvalue weighted by molar-refractivity contribution is 5.81. The third-order valence-corrected chi connectivity index (χ3v) is 6.70. The Hall–Kier alpha value is -1.75. The Balaban J connectivity index is 1.53. The van der Waals surface area contributed by atoms with Crippen molar-refractivity contribution < 1.29 is 9.53 Å². The molecule has 2 fully saturated rings. The second-order valence-electron chi connectivity index (χ2n) is 8.25. The van der Waals surface area contributed by atoms with Crippen LogP contribution >= 0.6 is 0 Å². The van der Waals surface area contributed by atoms with Gasteiger partial charge in [-0.1, -0.05) is 38.8 Å². The van der Waals surface area contributed by atoms with E-state index in [0.717, 1.165) is 44.0 Å². The average molecular weight is 374 g/mol. The molecule has 27 heavy (non-hydrogen) atoms. The zero-order valence-electron chi connectivity index (χ0n) is 17.3. The van der Waals surface area contributed by atoms with Crippen LogP contribution in [0.5, 0.6) is 5.75 Å². The van der Waals surface area contributed by atoms with Crippen molar-refractivity contribution in [3.8, 4) is 5.75 Å². The molecule has 1 aromatic carbocycles. The van der Waals surface area contributed by atoms with E-state index in [1.165, 1.54) is 12.8 Å². The molecule has 1 saturated heterocycles. The number of anilines is 1. The number of benzene rings is 1. The molecule has 0 unspecified atom stereocenters. The van der Waals surface area contributed by atoms with Crippen LogP contribution in [0.25, 0.3) is 0 Å². The molecule has 1 aromatic rings. The average Bonchev–Trinajstić information content (AvgIpc) is 2.71. The van der Waals surface area contributed by atoms with E-state index in [9.17, 15) is 4.79 Å². The van der Waals surface area contributed by atoms with Crippen LogP contribution in [-0.2, 0) is 4.79 Å². The van der Waals surface area contributed by atoms with Crippen LogP contribution in [-0.4, -0.2) is 56.2 Å². The first-order valence-corrected chi connectivity index (χ1v) is 10.4. The van der Waals surface area contributed by atoms with Gasteiger partial charge in [0.2, 0.25) is 5.91 Å². The van der Waals surface area contributed by atoms with Crippen molar-refractivity contribution in [2.45, 2.75) is 52.1 Å². The summed E-state index contributed by atoms with van der Waals surface area (Å²) in [5, 5.41) is 3.34. The summed E-state index contributed by atoms with van der Waals surface area (Å²) < 4.78 is 5.49. The van der Waals surface area contributed by atoms with Gasteiger partial charge in [-0.2, -0.15) is 0 Å². The Morgan fingerprint density at radius 1 is 1.15 bits per heavy atom. The molecule has 4 atom stereocenters. The Morgan fingerprint density at radius 2 is 1.85 bits per heavy atom. The van der Waals surface area contributed by atoms with Gasteiger partial charge in [-0.15, -0.1) is 0 Å². The van der Waals surface area contributed by atoms with Crippen molar-refractivity contribution in [1.29, 1.82) is 0 Å². The second-order valence-corrected chi connectivity index (χ2v) is 8.25. The van der Waals surface area contributed by atoms with Crippen molar-refractivity contribution in [1.82, 2.24) is 10.2 Å². The molecule has 1 heterocycles. The zero-order valence-corrected chi connectivity index (χ0v) is 17.3. The minimum atomic E-state index is -0.0748. The molecule has 0 spiro atoms. The van der Waals surface area contributed by atoms with Gasteiger partial charge < -0.3 is 15.0 Å². The van der Waals surface area contributed by atoms with Crippen LogP contribution in [0.4, 0.5) is 5.69 Å². The molecule has 1 N–H and O–H groups in total. The van der Waals surface area contributed by atoms with Crippen LogP contribution in [0.3, 0.4) is 0 Å². The van der Waals surface area contributed by atoms with Crippen molar-refractivity contribution in [2.24, 2.45) is 11.8 Å². The van der Waals surface area contributed by atoms with E-state index in [1.807, 2.05) is 25.1 Å². The van der Waals surface area contributed by atoms with Gasteiger partial charge in [0.25, 0.3) is 0 Å². The van der Waals surface area contributed by atoms with Crippen molar-refractivity contribution in [3.05, 3.63) is 24.3 Å². The van der Waals surface area contributed by atoms with E-state index in [-0.39, 0.29) is 11.9 Å². The lowest BCUT2D eigenvalue weighted by Gasteiger charge is -2.40. The summed E-state index contributed by atoms with van der Waals surface area (Å²) in [6.45, 7) is 10.2. The Morgan fingerprint density at radius 3 is 2.56 bits per heavy atom. The second kappa shape index (κ2) is 8.96. The van der Waals surface area contributed by atoms with E-state index in [1.54, 1.807) is 7.11 Å². The van der Waals surface area contributed by atoms with Gasteiger partial charge in [0.05, 0.1) is 18.8 Å². The maximum Gasteiger partial charge on any atom is 0.237 e. The number of carbonyl (C=O) groups is 1. The molecule has 1 aliphatic carbocycles. The highest BCUT2D eigenvalue weighted by Gasteiger charge is 2.31. The normalized spacial score (nSPS) is 27.9. The van der Waals surface area contributed by atoms with Crippen LogP contribution in [0.1, 0.15) is 40.0 Å². The number of piperazine rings is 1. The first-order chi connectivity index (χ1) is 13.0. The monoisotopic (exact) mass is 373 g/mol. The summed E-state index contributed by atoms with van der Waals surface area (Å²) in [4.78, 5) is 17.5. The van der Waals surface area contributed by atoms with E-state index in [4.69, 9.17) is 4.74 Å². The van der Waals surface area contributed by atoms with Gasteiger partial charge in [-0.25, -0.2) is 0 Å². The van der Waals surface area contributed by atoms with Gasteiger partial charge in [0, 0.05) is 32.2 Å². The number of ether oxygens (including phenoxy) is 1. The molecule has 1 saturated carbocycles. The quantitative estimate of drug-likeness (QED) is 0.861. The molecule has 1 aliphatic heterocycles. The molecular formula is C22H35N3O2. The summed E-state index contributed by atoms with van der Waals surface area (Å²) in [7, 11) is 1.72. The fourth-order valence-electron chi connectivity index (χ4n) is 4.50. The number of hydrogen-bond acceptors (Lipinski definition) is 4.